The van der Waals surface area contributed by atoms with Crippen LogP contribution >= 0.6 is 11.3 Å². The fraction of sp³-hybridized carbons (Fsp3) is 0.333. The van der Waals surface area contributed by atoms with E-state index in [-0.39, 0.29) is 11.9 Å². The molecule has 0 aliphatic rings. The van der Waals surface area contributed by atoms with E-state index in [9.17, 15) is 4.79 Å². The summed E-state index contributed by atoms with van der Waals surface area (Å²) in [5.74, 6) is 0.896. The van der Waals surface area contributed by atoms with E-state index in [0.29, 0.717) is 6.42 Å². The van der Waals surface area contributed by atoms with Crippen LogP contribution in [-0.4, -0.2) is 15.5 Å². The molecule has 1 unspecified atom stereocenters. The van der Waals surface area contributed by atoms with Gasteiger partial charge in [-0.2, -0.15) is 0 Å². The van der Waals surface area contributed by atoms with Crippen molar-refractivity contribution in [3.8, 4) is 0 Å². The van der Waals surface area contributed by atoms with Gasteiger partial charge in [-0.15, -0.1) is 11.3 Å². The van der Waals surface area contributed by atoms with Gasteiger partial charge in [0.2, 0.25) is 5.91 Å². The minimum absolute atomic E-state index is 0.0305. The Morgan fingerprint density at radius 2 is 2.47 bits per heavy atom. The highest BCUT2D eigenvalue weighted by atomic mass is 32.1. The Kier molecular flexibility index (Phi) is 3.58. The van der Waals surface area contributed by atoms with Crippen molar-refractivity contribution in [2.24, 2.45) is 7.05 Å². The molecule has 2 aromatic heterocycles. The van der Waals surface area contributed by atoms with Crippen molar-refractivity contribution in [2.75, 3.05) is 0 Å². The first-order valence-corrected chi connectivity index (χ1v) is 6.33. The third-order valence-corrected chi connectivity index (χ3v) is 3.41. The number of rotatable bonds is 4. The lowest BCUT2D eigenvalue weighted by atomic mass is 10.2. The average Bonchev–Trinajstić information content (AvgIpc) is 2.88. The minimum atomic E-state index is -0.0672. The lowest BCUT2D eigenvalue weighted by Crippen LogP contribution is -2.29. The van der Waals surface area contributed by atoms with Crippen molar-refractivity contribution in [2.45, 2.75) is 19.4 Å². The minimum Gasteiger partial charge on any atom is -0.346 e. The molecule has 4 nitrogen and oxygen atoms in total. The summed E-state index contributed by atoms with van der Waals surface area (Å²) in [4.78, 5) is 17.1. The molecule has 0 spiro atoms. The van der Waals surface area contributed by atoms with Crippen molar-refractivity contribution >= 4 is 17.2 Å². The molecule has 1 atom stereocenters. The summed E-state index contributed by atoms with van der Waals surface area (Å²) >= 11 is 1.60. The molecule has 0 aliphatic carbocycles. The number of thiophene rings is 1. The van der Waals surface area contributed by atoms with E-state index in [1.807, 2.05) is 42.2 Å². The van der Waals surface area contributed by atoms with Gasteiger partial charge in [-0.25, -0.2) is 4.98 Å². The zero-order valence-electron chi connectivity index (χ0n) is 9.88. The fourth-order valence-electron chi connectivity index (χ4n) is 1.72. The van der Waals surface area contributed by atoms with Gasteiger partial charge in [-0.1, -0.05) is 6.07 Å². The Hall–Kier alpha value is -1.62. The first-order valence-electron chi connectivity index (χ1n) is 5.46. The van der Waals surface area contributed by atoms with Gasteiger partial charge in [-0.3, -0.25) is 4.79 Å². The van der Waals surface area contributed by atoms with E-state index in [0.717, 1.165) is 10.7 Å². The van der Waals surface area contributed by atoms with Crippen LogP contribution in [0.4, 0.5) is 0 Å². The van der Waals surface area contributed by atoms with Crippen molar-refractivity contribution in [3.63, 3.8) is 0 Å². The van der Waals surface area contributed by atoms with Crippen molar-refractivity contribution in [1.82, 2.24) is 14.9 Å². The molecule has 0 saturated heterocycles. The van der Waals surface area contributed by atoms with Crippen LogP contribution in [0.5, 0.6) is 0 Å². The number of hydrogen-bond donors (Lipinski definition) is 1. The molecule has 1 amide bonds. The molecule has 0 bridgehead atoms. The first kappa shape index (κ1) is 11.9. The predicted octanol–water partition coefficient (Wildman–Crippen LogP) is 1.90. The standard InChI is InChI=1S/C12H15N3OS/c1-9(12-13-5-6-15(12)2)14-11(16)8-10-4-3-7-17-10/h3-7,9H,8H2,1-2H3,(H,14,16). The van der Waals surface area contributed by atoms with Gasteiger partial charge < -0.3 is 9.88 Å². The molecule has 17 heavy (non-hydrogen) atoms. The number of imidazole rings is 1. The Bertz CT molecular complexity index is 490. The average molecular weight is 249 g/mol. The number of carbonyl (C=O) groups is 1. The van der Waals surface area contributed by atoms with Gasteiger partial charge in [0.05, 0.1) is 12.5 Å². The van der Waals surface area contributed by atoms with Crippen LogP contribution in [0.2, 0.25) is 0 Å². The quantitative estimate of drug-likeness (QED) is 0.899. The summed E-state index contributed by atoms with van der Waals surface area (Å²) < 4.78 is 1.91. The van der Waals surface area contributed by atoms with Gasteiger partial charge in [0.15, 0.2) is 0 Å². The summed E-state index contributed by atoms with van der Waals surface area (Å²) in [5, 5.41) is 4.92. The van der Waals surface area contributed by atoms with Gasteiger partial charge in [0, 0.05) is 24.3 Å². The van der Waals surface area contributed by atoms with Crippen LogP contribution in [0.25, 0.3) is 0 Å². The van der Waals surface area contributed by atoms with Crippen LogP contribution in [0.3, 0.4) is 0 Å². The molecule has 0 aliphatic heterocycles. The number of aryl methyl sites for hydroxylation is 1. The molecule has 90 valence electrons. The largest absolute Gasteiger partial charge is 0.346 e. The number of aromatic nitrogens is 2. The SMILES string of the molecule is CC(NC(=O)Cc1cccs1)c1nccn1C. The topological polar surface area (TPSA) is 46.9 Å². The summed E-state index contributed by atoms with van der Waals surface area (Å²) in [6, 6.07) is 3.85. The Morgan fingerprint density at radius 3 is 3.06 bits per heavy atom. The fourth-order valence-corrected chi connectivity index (χ4v) is 2.43. The smallest absolute Gasteiger partial charge is 0.225 e. The van der Waals surface area contributed by atoms with Crippen LogP contribution in [0, 0.1) is 0 Å². The van der Waals surface area contributed by atoms with Gasteiger partial charge in [0.25, 0.3) is 0 Å². The Morgan fingerprint density at radius 1 is 1.65 bits per heavy atom. The highest BCUT2D eigenvalue weighted by molar-refractivity contribution is 7.10. The second kappa shape index (κ2) is 5.14. The zero-order chi connectivity index (χ0) is 12.3. The summed E-state index contributed by atoms with van der Waals surface area (Å²) in [6.07, 6.45) is 4.04. The van der Waals surface area contributed by atoms with Gasteiger partial charge >= 0.3 is 0 Å². The van der Waals surface area contributed by atoms with E-state index >= 15 is 0 Å². The molecular formula is C12H15N3OS. The summed E-state index contributed by atoms with van der Waals surface area (Å²) in [6.45, 7) is 1.94. The molecule has 2 rings (SSSR count). The number of nitrogens with one attached hydrogen (secondary N) is 1. The molecule has 1 N–H and O–H groups in total. The summed E-state index contributed by atoms with van der Waals surface area (Å²) in [7, 11) is 1.92. The van der Waals surface area contributed by atoms with Crippen molar-refractivity contribution < 1.29 is 4.79 Å². The van der Waals surface area contributed by atoms with Crippen LogP contribution in [0.1, 0.15) is 23.7 Å². The highest BCUT2D eigenvalue weighted by Gasteiger charge is 2.13. The number of amides is 1. The highest BCUT2D eigenvalue weighted by Crippen LogP contribution is 2.11. The van der Waals surface area contributed by atoms with E-state index < -0.39 is 0 Å². The van der Waals surface area contributed by atoms with Crippen LogP contribution in [0.15, 0.2) is 29.9 Å². The maximum Gasteiger partial charge on any atom is 0.225 e. The van der Waals surface area contributed by atoms with E-state index in [1.165, 1.54) is 0 Å². The second-order valence-electron chi connectivity index (χ2n) is 3.94. The predicted molar refractivity (Wildman–Crippen MR) is 67.8 cm³/mol. The Labute approximate surface area is 104 Å². The van der Waals surface area contributed by atoms with E-state index in [2.05, 4.69) is 10.3 Å². The molecular weight excluding hydrogens is 234 g/mol. The molecule has 5 heteroatoms. The molecule has 0 saturated carbocycles. The molecule has 0 aromatic carbocycles. The lowest BCUT2D eigenvalue weighted by Gasteiger charge is -2.13. The number of carbonyl (C=O) groups excluding carboxylic acids is 1. The Balaban J connectivity index is 1.93. The van der Waals surface area contributed by atoms with Crippen LogP contribution in [-0.2, 0) is 18.3 Å². The second-order valence-corrected chi connectivity index (χ2v) is 4.97. The van der Waals surface area contributed by atoms with Crippen molar-refractivity contribution in [1.29, 1.82) is 0 Å². The first-order chi connectivity index (χ1) is 8.16. The molecule has 2 aromatic rings. The molecule has 0 fully saturated rings. The molecule has 0 radical (unpaired) electrons. The zero-order valence-corrected chi connectivity index (χ0v) is 10.7. The third-order valence-electron chi connectivity index (χ3n) is 2.54. The summed E-state index contributed by atoms with van der Waals surface area (Å²) in [5.41, 5.74) is 0. The number of hydrogen-bond acceptors (Lipinski definition) is 3. The maximum atomic E-state index is 11.8. The normalized spacial score (nSPS) is 12.4. The number of nitrogens with zero attached hydrogens (tertiary/aromatic N) is 2. The van der Waals surface area contributed by atoms with Crippen LogP contribution < -0.4 is 5.32 Å². The van der Waals surface area contributed by atoms with E-state index in [1.54, 1.807) is 17.5 Å². The van der Waals surface area contributed by atoms with Gasteiger partial charge in [-0.05, 0) is 18.4 Å². The maximum absolute atomic E-state index is 11.8. The molecule has 2 heterocycles. The lowest BCUT2D eigenvalue weighted by molar-refractivity contribution is -0.121. The monoisotopic (exact) mass is 249 g/mol. The van der Waals surface area contributed by atoms with Gasteiger partial charge in [0.1, 0.15) is 5.82 Å². The van der Waals surface area contributed by atoms with E-state index in [4.69, 9.17) is 0 Å². The van der Waals surface area contributed by atoms with Crippen molar-refractivity contribution in [3.05, 3.63) is 40.6 Å². The third kappa shape index (κ3) is 2.94.